The van der Waals surface area contributed by atoms with Gasteiger partial charge < -0.3 is 14.1 Å². The van der Waals surface area contributed by atoms with Gasteiger partial charge in [0.15, 0.2) is 6.39 Å². The minimum atomic E-state index is -0.202. The SMILES string of the molecule is COc1ccccc1N1CCN(C(Cc2ccc3ccccc3c2)(c2cnco2)C2CCCCC2)CC1. The van der Waals surface area contributed by atoms with E-state index in [9.17, 15) is 0 Å². The van der Waals surface area contributed by atoms with Crippen LogP contribution in [0.15, 0.2) is 83.7 Å². The summed E-state index contributed by atoms with van der Waals surface area (Å²) in [6.07, 6.45) is 10.9. The molecule has 37 heavy (non-hydrogen) atoms. The van der Waals surface area contributed by atoms with Crippen LogP contribution in [0.3, 0.4) is 0 Å². The third-order valence-corrected chi connectivity index (χ3v) is 8.70. The highest BCUT2D eigenvalue weighted by Gasteiger charge is 2.49. The second kappa shape index (κ2) is 10.6. The van der Waals surface area contributed by atoms with E-state index in [-0.39, 0.29) is 5.54 Å². The van der Waals surface area contributed by atoms with Crippen molar-refractivity contribution in [3.63, 3.8) is 0 Å². The number of benzene rings is 3. The van der Waals surface area contributed by atoms with Crippen LogP contribution in [0.2, 0.25) is 0 Å². The smallest absolute Gasteiger partial charge is 0.180 e. The van der Waals surface area contributed by atoms with Crippen molar-refractivity contribution >= 4 is 16.5 Å². The van der Waals surface area contributed by atoms with Gasteiger partial charge in [0.1, 0.15) is 11.5 Å². The molecule has 1 atom stereocenters. The number of aromatic nitrogens is 1. The summed E-state index contributed by atoms with van der Waals surface area (Å²) in [7, 11) is 1.76. The van der Waals surface area contributed by atoms with E-state index in [4.69, 9.17) is 9.15 Å². The first-order valence-corrected chi connectivity index (χ1v) is 13.8. The normalized spacial score (nSPS) is 19.1. The summed E-state index contributed by atoms with van der Waals surface area (Å²) in [5, 5.41) is 2.59. The number of oxazole rings is 1. The van der Waals surface area contributed by atoms with Crippen LogP contribution in [0.5, 0.6) is 5.75 Å². The molecule has 6 rings (SSSR count). The zero-order chi connectivity index (χ0) is 25.1. The third-order valence-electron chi connectivity index (χ3n) is 8.70. The van der Waals surface area contributed by atoms with Crippen LogP contribution in [0.4, 0.5) is 5.69 Å². The Kier molecular flexibility index (Phi) is 6.88. The number of hydrogen-bond donors (Lipinski definition) is 0. The number of para-hydroxylation sites is 2. The molecule has 5 nitrogen and oxygen atoms in total. The highest BCUT2D eigenvalue weighted by molar-refractivity contribution is 5.83. The van der Waals surface area contributed by atoms with Gasteiger partial charge in [-0.15, -0.1) is 0 Å². The number of anilines is 1. The molecule has 1 aliphatic carbocycles. The average molecular weight is 496 g/mol. The standard InChI is InChI=1S/C32H37N3O2/c1-36-30-14-8-7-13-29(30)34-17-19-35(20-18-34)32(31-23-33-24-37-31,28-11-3-2-4-12-28)22-25-15-16-26-9-5-6-10-27(26)21-25/h5-10,13-16,21,23-24,28H,2-4,11-12,17-20,22H2,1H3. The zero-order valence-corrected chi connectivity index (χ0v) is 21.8. The molecule has 2 heterocycles. The Morgan fingerprint density at radius 3 is 2.41 bits per heavy atom. The number of fused-ring (bicyclic) bond motifs is 1. The molecule has 0 amide bonds. The lowest BCUT2D eigenvalue weighted by Crippen LogP contribution is -2.59. The first-order chi connectivity index (χ1) is 18.3. The van der Waals surface area contributed by atoms with E-state index in [2.05, 4.69) is 75.4 Å². The number of piperazine rings is 1. The second-order valence-electron chi connectivity index (χ2n) is 10.6. The van der Waals surface area contributed by atoms with E-state index >= 15 is 0 Å². The van der Waals surface area contributed by atoms with Crippen LogP contribution in [0.25, 0.3) is 10.8 Å². The largest absolute Gasteiger partial charge is 0.495 e. The summed E-state index contributed by atoms with van der Waals surface area (Å²) in [4.78, 5) is 9.63. The van der Waals surface area contributed by atoms with Crippen molar-refractivity contribution in [2.75, 3.05) is 38.2 Å². The first-order valence-electron chi connectivity index (χ1n) is 13.8. The predicted molar refractivity (Wildman–Crippen MR) is 149 cm³/mol. The van der Waals surface area contributed by atoms with Gasteiger partial charge in [0, 0.05) is 26.2 Å². The summed E-state index contributed by atoms with van der Waals surface area (Å²) >= 11 is 0. The Labute approximate surface area is 220 Å². The molecule has 4 aromatic rings. The minimum Gasteiger partial charge on any atom is -0.495 e. The molecule has 3 aromatic carbocycles. The molecule has 1 aromatic heterocycles. The van der Waals surface area contributed by atoms with Crippen molar-refractivity contribution in [2.24, 2.45) is 5.92 Å². The number of hydrogen-bond acceptors (Lipinski definition) is 5. The lowest BCUT2D eigenvalue weighted by molar-refractivity contribution is -0.0114. The van der Waals surface area contributed by atoms with E-state index in [1.54, 1.807) is 13.5 Å². The van der Waals surface area contributed by atoms with Crippen molar-refractivity contribution in [3.8, 4) is 5.75 Å². The van der Waals surface area contributed by atoms with E-state index in [1.165, 1.54) is 54.1 Å². The van der Waals surface area contributed by atoms with E-state index in [0.29, 0.717) is 5.92 Å². The molecule has 1 aliphatic heterocycles. The summed E-state index contributed by atoms with van der Waals surface area (Å²) in [5.74, 6) is 2.51. The third kappa shape index (κ3) is 4.61. The molecular weight excluding hydrogens is 458 g/mol. The van der Waals surface area contributed by atoms with Crippen LogP contribution in [0, 0.1) is 5.92 Å². The van der Waals surface area contributed by atoms with E-state index in [1.807, 2.05) is 12.3 Å². The number of nitrogens with zero attached hydrogens (tertiary/aromatic N) is 3. The van der Waals surface area contributed by atoms with Gasteiger partial charge in [-0.05, 0) is 53.6 Å². The minimum absolute atomic E-state index is 0.202. The lowest BCUT2D eigenvalue weighted by atomic mass is 9.69. The molecule has 0 bridgehead atoms. The topological polar surface area (TPSA) is 41.7 Å². The van der Waals surface area contributed by atoms with Crippen molar-refractivity contribution in [1.29, 1.82) is 0 Å². The van der Waals surface area contributed by atoms with Gasteiger partial charge in [0.2, 0.25) is 0 Å². The van der Waals surface area contributed by atoms with Gasteiger partial charge in [-0.3, -0.25) is 4.90 Å². The molecule has 0 N–H and O–H groups in total. The van der Waals surface area contributed by atoms with Crippen LogP contribution in [0.1, 0.15) is 43.4 Å². The second-order valence-corrected chi connectivity index (χ2v) is 10.6. The molecule has 2 aliphatic rings. The Hall–Kier alpha value is -3.31. The fourth-order valence-corrected chi connectivity index (χ4v) is 6.87. The van der Waals surface area contributed by atoms with E-state index < -0.39 is 0 Å². The van der Waals surface area contributed by atoms with Gasteiger partial charge in [-0.2, -0.15) is 0 Å². The summed E-state index contributed by atoms with van der Waals surface area (Å²) < 4.78 is 11.9. The fraction of sp³-hybridized carbons (Fsp3) is 0.406. The van der Waals surface area contributed by atoms with Gasteiger partial charge in [0.25, 0.3) is 0 Å². The van der Waals surface area contributed by atoms with Gasteiger partial charge in [-0.1, -0.05) is 73.9 Å². The van der Waals surface area contributed by atoms with Crippen LogP contribution in [-0.2, 0) is 12.0 Å². The van der Waals surface area contributed by atoms with Gasteiger partial charge >= 0.3 is 0 Å². The predicted octanol–water partition coefficient (Wildman–Crippen LogP) is 6.68. The molecule has 2 fully saturated rings. The molecule has 0 radical (unpaired) electrons. The molecule has 1 saturated carbocycles. The maximum atomic E-state index is 6.23. The lowest BCUT2D eigenvalue weighted by Gasteiger charge is -2.52. The maximum absolute atomic E-state index is 6.23. The van der Waals surface area contributed by atoms with Crippen LogP contribution in [-0.4, -0.2) is 43.2 Å². The number of rotatable bonds is 7. The summed E-state index contributed by atoms with van der Waals surface area (Å²) in [6, 6.07) is 24.0. The van der Waals surface area contributed by atoms with Crippen molar-refractivity contribution in [1.82, 2.24) is 9.88 Å². The summed E-state index contributed by atoms with van der Waals surface area (Å²) in [5.41, 5.74) is 2.35. The Morgan fingerprint density at radius 2 is 1.65 bits per heavy atom. The molecule has 0 spiro atoms. The van der Waals surface area contributed by atoms with Crippen molar-refractivity contribution < 1.29 is 9.15 Å². The number of ether oxygens (including phenoxy) is 1. The van der Waals surface area contributed by atoms with Crippen molar-refractivity contribution in [3.05, 3.63) is 90.6 Å². The summed E-state index contributed by atoms with van der Waals surface area (Å²) in [6.45, 7) is 3.87. The highest BCUT2D eigenvalue weighted by Crippen LogP contribution is 2.47. The zero-order valence-electron chi connectivity index (χ0n) is 21.8. The molecule has 192 valence electrons. The Bertz CT molecular complexity index is 1310. The Morgan fingerprint density at radius 1 is 0.892 bits per heavy atom. The average Bonchev–Trinajstić information content (AvgIpc) is 3.52. The highest BCUT2D eigenvalue weighted by atomic mass is 16.5. The van der Waals surface area contributed by atoms with Crippen LogP contribution < -0.4 is 9.64 Å². The van der Waals surface area contributed by atoms with E-state index in [0.717, 1.165) is 44.1 Å². The van der Waals surface area contributed by atoms with Gasteiger partial charge in [-0.25, -0.2) is 4.98 Å². The molecule has 5 heteroatoms. The number of methoxy groups -OCH3 is 1. The van der Waals surface area contributed by atoms with Gasteiger partial charge in [0.05, 0.1) is 24.5 Å². The Balaban J connectivity index is 1.37. The first kappa shape index (κ1) is 24.1. The van der Waals surface area contributed by atoms with Crippen molar-refractivity contribution in [2.45, 2.75) is 44.1 Å². The molecule has 1 unspecified atom stereocenters. The monoisotopic (exact) mass is 495 g/mol. The molecular formula is C32H37N3O2. The maximum Gasteiger partial charge on any atom is 0.180 e. The molecule has 1 saturated heterocycles. The quantitative estimate of drug-likeness (QED) is 0.286. The van der Waals surface area contributed by atoms with Crippen LogP contribution >= 0.6 is 0 Å². The fourth-order valence-electron chi connectivity index (χ4n) is 6.87.